The molecule has 0 aliphatic heterocycles. The number of allylic oxidation sites excluding steroid dienone is 1. The Hall–Kier alpha value is -0.300. The summed E-state index contributed by atoms with van der Waals surface area (Å²) in [5.74, 6) is 4.63. The average Bonchev–Trinajstić information content (AvgIpc) is 2.93. The van der Waals surface area contributed by atoms with Crippen LogP contribution < -0.4 is 0 Å². The summed E-state index contributed by atoms with van der Waals surface area (Å²) in [5.41, 5.74) is 2.62. The maximum Gasteiger partial charge on any atom is 0.0577 e. The molecule has 0 saturated heterocycles. The summed E-state index contributed by atoms with van der Waals surface area (Å²) in [4.78, 5) is 0. The van der Waals surface area contributed by atoms with E-state index in [1.165, 1.54) is 51.4 Å². The lowest BCUT2D eigenvalue weighted by Gasteiger charge is -2.58. The highest BCUT2D eigenvalue weighted by Gasteiger charge is 2.58. The van der Waals surface area contributed by atoms with Gasteiger partial charge < -0.3 is 5.11 Å². The van der Waals surface area contributed by atoms with Gasteiger partial charge >= 0.3 is 0 Å². The van der Waals surface area contributed by atoms with Crippen LogP contribution in [0.1, 0.15) is 91.9 Å². The van der Waals surface area contributed by atoms with Gasteiger partial charge in [-0.25, -0.2) is 0 Å². The normalized spacial score (nSPS) is 50.4. The van der Waals surface area contributed by atoms with E-state index in [1.54, 1.807) is 5.57 Å². The van der Waals surface area contributed by atoms with Gasteiger partial charge in [-0.3, -0.25) is 0 Å². The number of hydrogen-bond acceptors (Lipinski definition) is 1. The Balaban J connectivity index is 1.60. The smallest absolute Gasteiger partial charge is 0.0577 e. The molecule has 8 atom stereocenters. The molecule has 0 spiro atoms. The lowest BCUT2D eigenvalue weighted by molar-refractivity contribution is -0.0571. The van der Waals surface area contributed by atoms with E-state index in [0.717, 1.165) is 42.4 Å². The standard InChI is InChI=1S/C24H40O/c1-5-6-16(2)20-9-10-21-19-8-7-17-15-18(25)11-13-23(17,3)22(19)12-14-24(20,21)4/h7,16,18-22,25H,5-6,8-15H2,1-4H3/t16-,18+,19+,20-,21+,22+,23+,24-/m1/s1. The van der Waals surface area contributed by atoms with E-state index < -0.39 is 0 Å². The van der Waals surface area contributed by atoms with E-state index in [1.807, 2.05) is 0 Å². The molecule has 3 fully saturated rings. The molecule has 1 nitrogen and oxygen atoms in total. The number of aliphatic hydroxyl groups is 1. The molecule has 3 saturated carbocycles. The van der Waals surface area contributed by atoms with Crippen LogP contribution in [-0.4, -0.2) is 11.2 Å². The lowest BCUT2D eigenvalue weighted by Crippen LogP contribution is -2.50. The fourth-order valence-corrected chi connectivity index (χ4v) is 8.27. The molecule has 1 N–H and O–H groups in total. The molecule has 142 valence electrons. The second kappa shape index (κ2) is 6.39. The fourth-order valence-electron chi connectivity index (χ4n) is 8.27. The predicted octanol–water partition coefficient (Wildman–Crippen LogP) is 6.36. The molecule has 0 bridgehead atoms. The minimum atomic E-state index is -0.0736. The second-order valence-electron chi connectivity index (χ2n) is 10.7. The van der Waals surface area contributed by atoms with Gasteiger partial charge in [0.25, 0.3) is 0 Å². The molecule has 0 aromatic carbocycles. The van der Waals surface area contributed by atoms with Crippen molar-refractivity contribution in [1.82, 2.24) is 0 Å². The van der Waals surface area contributed by atoms with Crippen LogP contribution in [0.15, 0.2) is 11.6 Å². The van der Waals surface area contributed by atoms with Gasteiger partial charge in [-0.1, -0.05) is 52.2 Å². The summed E-state index contributed by atoms with van der Waals surface area (Å²) >= 11 is 0. The fraction of sp³-hybridized carbons (Fsp3) is 0.917. The van der Waals surface area contributed by atoms with Crippen molar-refractivity contribution in [3.63, 3.8) is 0 Å². The van der Waals surface area contributed by atoms with Crippen LogP contribution in [0.5, 0.6) is 0 Å². The van der Waals surface area contributed by atoms with Gasteiger partial charge in [0, 0.05) is 0 Å². The predicted molar refractivity (Wildman–Crippen MR) is 105 cm³/mol. The third-order valence-corrected chi connectivity index (χ3v) is 9.58. The van der Waals surface area contributed by atoms with Crippen LogP contribution in [0.25, 0.3) is 0 Å². The van der Waals surface area contributed by atoms with E-state index in [2.05, 4.69) is 33.8 Å². The molecule has 0 heterocycles. The zero-order valence-electron chi connectivity index (χ0n) is 17.1. The Morgan fingerprint density at radius 3 is 2.68 bits per heavy atom. The van der Waals surface area contributed by atoms with Crippen molar-refractivity contribution in [3.05, 3.63) is 11.6 Å². The van der Waals surface area contributed by atoms with Crippen molar-refractivity contribution in [1.29, 1.82) is 0 Å². The van der Waals surface area contributed by atoms with Crippen LogP contribution in [0, 0.1) is 40.4 Å². The molecule has 0 unspecified atom stereocenters. The maximum absolute atomic E-state index is 10.2. The number of hydrogen-bond donors (Lipinski definition) is 1. The maximum atomic E-state index is 10.2. The summed E-state index contributed by atoms with van der Waals surface area (Å²) in [6.07, 6.45) is 15.6. The van der Waals surface area contributed by atoms with Crippen LogP contribution >= 0.6 is 0 Å². The quantitative estimate of drug-likeness (QED) is 0.590. The van der Waals surface area contributed by atoms with Crippen molar-refractivity contribution in [3.8, 4) is 0 Å². The van der Waals surface area contributed by atoms with Crippen LogP contribution in [0.4, 0.5) is 0 Å². The largest absolute Gasteiger partial charge is 0.393 e. The van der Waals surface area contributed by atoms with Gasteiger partial charge in [-0.2, -0.15) is 0 Å². The van der Waals surface area contributed by atoms with Gasteiger partial charge in [0.05, 0.1) is 6.10 Å². The lowest BCUT2D eigenvalue weighted by atomic mass is 9.47. The second-order valence-corrected chi connectivity index (χ2v) is 10.7. The van der Waals surface area contributed by atoms with Crippen LogP contribution in [0.2, 0.25) is 0 Å². The van der Waals surface area contributed by atoms with Crippen LogP contribution in [-0.2, 0) is 0 Å². The third kappa shape index (κ3) is 2.67. The molecular weight excluding hydrogens is 304 g/mol. The number of aliphatic hydroxyl groups excluding tert-OH is 1. The average molecular weight is 345 g/mol. The van der Waals surface area contributed by atoms with E-state index in [-0.39, 0.29) is 6.10 Å². The molecule has 4 aliphatic carbocycles. The topological polar surface area (TPSA) is 20.2 Å². The molecule has 0 aromatic heterocycles. The summed E-state index contributed by atoms with van der Waals surface area (Å²) in [6.45, 7) is 10.1. The summed E-state index contributed by atoms with van der Waals surface area (Å²) in [7, 11) is 0. The zero-order valence-corrected chi connectivity index (χ0v) is 17.1. The van der Waals surface area contributed by atoms with Crippen molar-refractivity contribution in [2.45, 2.75) is 98.0 Å². The number of rotatable bonds is 3. The van der Waals surface area contributed by atoms with E-state index in [9.17, 15) is 5.11 Å². The summed E-state index contributed by atoms with van der Waals surface area (Å²) in [5, 5.41) is 10.2. The Kier molecular flexibility index (Phi) is 4.63. The third-order valence-electron chi connectivity index (χ3n) is 9.58. The first-order valence-electron chi connectivity index (χ1n) is 11.3. The van der Waals surface area contributed by atoms with Crippen molar-refractivity contribution in [2.24, 2.45) is 40.4 Å². The van der Waals surface area contributed by atoms with Gasteiger partial charge in [-0.05, 0) is 91.8 Å². The van der Waals surface area contributed by atoms with Gasteiger partial charge in [-0.15, -0.1) is 0 Å². The first kappa shape index (κ1) is 18.1. The molecule has 4 aliphatic rings. The Morgan fingerprint density at radius 2 is 1.92 bits per heavy atom. The zero-order chi connectivity index (χ0) is 17.8. The molecule has 0 radical (unpaired) electrons. The van der Waals surface area contributed by atoms with E-state index in [0.29, 0.717) is 10.8 Å². The SMILES string of the molecule is CCC[C@@H](C)[C@H]1CC[C@H]2[C@@H]3CC=C4C[C@@H](O)CC[C@]4(C)[C@H]3CC[C@]12C. The highest BCUT2D eigenvalue weighted by molar-refractivity contribution is 5.25. The summed E-state index contributed by atoms with van der Waals surface area (Å²) < 4.78 is 0. The minimum Gasteiger partial charge on any atom is -0.393 e. The Bertz CT molecular complexity index is 536. The van der Waals surface area contributed by atoms with Gasteiger partial charge in [0.1, 0.15) is 0 Å². The Morgan fingerprint density at radius 1 is 1.12 bits per heavy atom. The molecule has 0 aromatic rings. The molecule has 0 amide bonds. The van der Waals surface area contributed by atoms with E-state index in [4.69, 9.17) is 0 Å². The van der Waals surface area contributed by atoms with Crippen molar-refractivity contribution >= 4 is 0 Å². The molecular formula is C24H40O. The van der Waals surface area contributed by atoms with Gasteiger partial charge in [0.2, 0.25) is 0 Å². The minimum absolute atomic E-state index is 0.0736. The number of fused-ring (bicyclic) bond motifs is 5. The van der Waals surface area contributed by atoms with Crippen molar-refractivity contribution < 1.29 is 5.11 Å². The first-order chi connectivity index (χ1) is 11.9. The Labute approximate surface area is 155 Å². The highest BCUT2D eigenvalue weighted by Crippen LogP contribution is 2.67. The van der Waals surface area contributed by atoms with E-state index >= 15 is 0 Å². The molecule has 1 heteroatoms. The highest BCUT2D eigenvalue weighted by atomic mass is 16.3. The first-order valence-corrected chi connectivity index (χ1v) is 11.3. The monoisotopic (exact) mass is 344 g/mol. The molecule has 4 rings (SSSR count). The molecule has 25 heavy (non-hydrogen) atoms. The summed E-state index contributed by atoms with van der Waals surface area (Å²) in [6, 6.07) is 0. The van der Waals surface area contributed by atoms with Crippen molar-refractivity contribution in [2.75, 3.05) is 0 Å². The van der Waals surface area contributed by atoms with Gasteiger partial charge in [0.15, 0.2) is 0 Å². The van der Waals surface area contributed by atoms with Crippen LogP contribution in [0.3, 0.4) is 0 Å².